The first-order chi connectivity index (χ1) is 11.6. The van der Waals surface area contributed by atoms with Crippen LogP contribution in [0.4, 0.5) is 13.9 Å². The summed E-state index contributed by atoms with van der Waals surface area (Å²) in [5, 5.41) is 3.22. The number of thiazole rings is 1. The zero-order chi connectivity index (χ0) is 16.9. The molecule has 1 N–H and O–H groups in total. The quantitative estimate of drug-likeness (QED) is 0.754. The van der Waals surface area contributed by atoms with Crippen molar-refractivity contribution in [1.82, 2.24) is 4.98 Å². The fourth-order valence-corrected chi connectivity index (χ4v) is 3.11. The number of hydrogen-bond donors (Lipinski definition) is 1. The van der Waals surface area contributed by atoms with Crippen molar-refractivity contribution in [2.24, 2.45) is 0 Å². The lowest BCUT2D eigenvalue weighted by Gasteiger charge is -2.02. The Kier molecular flexibility index (Phi) is 4.96. The van der Waals surface area contributed by atoms with E-state index < -0.39 is 0 Å². The Hall–Kier alpha value is -2.60. The average Bonchev–Trinajstić information content (AvgIpc) is 2.96. The topological polar surface area (TPSA) is 42.0 Å². The zero-order valence-electron chi connectivity index (χ0n) is 12.6. The van der Waals surface area contributed by atoms with Gasteiger partial charge in [0.15, 0.2) is 5.13 Å². The van der Waals surface area contributed by atoms with Gasteiger partial charge in [-0.25, -0.2) is 13.8 Å². The Morgan fingerprint density at radius 3 is 2.58 bits per heavy atom. The summed E-state index contributed by atoms with van der Waals surface area (Å²) in [4.78, 5) is 17.1. The van der Waals surface area contributed by atoms with Gasteiger partial charge in [0.05, 0.1) is 6.42 Å². The molecule has 122 valence electrons. The van der Waals surface area contributed by atoms with Crippen LogP contribution in [0.5, 0.6) is 0 Å². The molecule has 0 radical (unpaired) electrons. The number of benzene rings is 2. The molecule has 24 heavy (non-hydrogen) atoms. The van der Waals surface area contributed by atoms with Gasteiger partial charge in [-0.2, -0.15) is 0 Å². The molecule has 1 aromatic heterocycles. The second-order valence-electron chi connectivity index (χ2n) is 5.29. The Morgan fingerprint density at radius 1 is 1.04 bits per heavy atom. The predicted molar refractivity (Wildman–Crippen MR) is 90.1 cm³/mol. The van der Waals surface area contributed by atoms with Crippen LogP contribution < -0.4 is 5.32 Å². The summed E-state index contributed by atoms with van der Waals surface area (Å²) in [7, 11) is 0. The molecule has 0 aliphatic rings. The van der Waals surface area contributed by atoms with E-state index in [0.29, 0.717) is 11.6 Å². The molecule has 0 fully saturated rings. The summed E-state index contributed by atoms with van der Waals surface area (Å²) < 4.78 is 26.0. The van der Waals surface area contributed by atoms with Crippen molar-refractivity contribution < 1.29 is 13.6 Å². The number of anilines is 1. The van der Waals surface area contributed by atoms with E-state index in [1.165, 1.54) is 35.6 Å². The second-order valence-corrected chi connectivity index (χ2v) is 6.41. The molecular formula is C18H14F2N2OS. The molecule has 3 nitrogen and oxygen atoms in total. The number of hydrogen-bond acceptors (Lipinski definition) is 3. The third-order valence-corrected chi connectivity index (χ3v) is 4.26. The van der Waals surface area contributed by atoms with Crippen LogP contribution in [-0.4, -0.2) is 10.9 Å². The second kappa shape index (κ2) is 7.31. The summed E-state index contributed by atoms with van der Waals surface area (Å²) in [6.07, 6.45) is 2.38. The summed E-state index contributed by atoms with van der Waals surface area (Å²) in [5.74, 6) is -0.820. The van der Waals surface area contributed by atoms with Crippen LogP contribution in [0.1, 0.15) is 16.0 Å². The molecule has 0 saturated carbocycles. The van der Waals surface area contributed by atoms with E-state index in [1.54, 1.807) is 24.4 Å². The Balaban J connectivity index is 1.59. The van der Waals surface area contributed by atoms with Gasteiger partial charge in [-0.1, -0.05) is 24.3 Å². The molecule has 0 aliphatic heterocycles. The maximum atomic E-state index is 13.2. The molecule has 1 amide bonds. The molecular weight excluding hydrogens is 330 g/mol. The molecule has 0 saturated heterocycles. The van der Waals surface area contributed by atoms with E-state index in [0.717, 1.165) is 16.0 Å². The summed E-state index contributed by atoms with van der Waals surface area (Å²) in [5.41, 5.74) is 1.58. The van der Waals surface area contributed by atoms with E-state index in [4.69, 9.17) is 0 Å². The van der Waals surface area contributed by atoms with Crippen molar-refractivity contribution in [2.45, 2.75) is 12.8 Å². The van der Waals surface area contributed by atoms with Crippen LogP contribution in [0.15, 0.2) is 54.7 Å². The van der Waals surface area contributed by atoms with E-state index >= 15 is 0 Å². The summed E-state index contributed by atoms with van der Waals surface area (Å²) in [6.45, 7) is 0. The number of rotatable bonds is 5. The average molecular weight is 344 g/mol. The molecule has 3 aromatic rings. The molecule has 3 rings (SSSR count). The maximum absolute atomic E-state index is 13.2. The summed E-state index contributed by atoms with van der Waals surface area (Å²) >= 11 is 1.35. The van der Waals surface area contributed by atoms with Crippen LogP contribution in [0, 0.1) is 11.6 Å². The highest BCUT2D eigenvalue weighted by molar-refractivity contribution is 7.15. The van der Waals surface area contributed by atoms with Gasteiger partial charge in [0.25, 0.3) is 0 Å². The van der Waals surface area contributed by atoms with Gasteiger partial charge in [-0.15, -0.1) is 11.3 Å². The van der Waals surface area contributed by atoms with Crippen LogP contribution in [0.25, 0.3) is 0 Å². The van der Waals surface area contributed by atoms with E-state index in [-0.39, 0.29) is 24.0 Å². The Morgan fingerprint density at radius 2 is 1.83 bits per heavy atom. The van der Waals surface area contributed by atoms with Crippen molar-refractivity contribution in [1.29, 1.82) is 0 Å². The van der Waals surface area contributed by atoms with Crippen LogP contribution >= 0.6 is 11.3 Å². The minimum atomic E-state index is -0.332. The van der Waals surface area contributed by atoms with Gasteiger partial charge < -0.3 is 5.32 Å². The molecule has 0 atom stereocenters. The number of nitrogens with zero attached hydrogens (tertiary/aromatic N) is 1. The number of nitrogens with one attached hydrogen (secondary N) is 1. The minimum absolute atomic E-state index is 0.152. The van der Waals surface area contributed by atoms with Crippen molar-refractivity contribution in [3.05, 3.63) is 82.4 Å². The molecule has 0 bridgehead atoms. The largest absolute Gasteiger partial charge is 0.302 e. The first kappa shape index (κ1) is 16.3. The lowest BCUT2D eigenvalue weighted by atomic mass is 10.1. The number of halogens is 2. The molecule has 0 aliphatic carbocycles. The monoisotopic (exact) mass is 344 g/mol. The van der Waals surface area contributed by atoms with Crippen LogP contribution in [0.3, 0.4) is 0 Å². The van der Waals surface area contributed by atoms with Crippen molar-refractivity contribution in [2.75, 3.05) is 5.32 Å². The standard InChI is InChI=1S/C18H14F2N2OS/c19-14-6-4-12(5-7-14)10-17(23)22-18-21-11-16(24-18)9-13-2-1-3-15(20)8-13/h1-8,11H,9-10H2,(H,21,22,23). The third kappa shape index (κ3) is 4.45. The maximum Gasteiger partial charge on any atom is 0.230 e. The van der Waals surface area contributed by atoms with E-state index in [9.17, 15) is 13.6 Å². The number of amides is 1. The highest BCUT2D eigenvalue weighted by atomic mass is 32.1. The fraction of sp³-hybridized carbons (Fsp3) is 0.111. The van der Waals surface area contributed by atoms with Crippen LogP contribution in [-0.2, 0) is 17.6 Å². The first-order valence-electron chi connectivity index (χ1n) is 7.32. The Bertz CT molecular complexity index is 846. The van der Waals surface area contributed by atoms with Gasteiger partial charge in [0, 0.05) is 17.5 Å². The molecule has 2 aromatic carbocycles. The van der Waals surface area contributed by atoms with Gasteiger partial charge in [-0.05, 0) is 35.4 Å². The highest BCUT2D eigenvalue weighted by Gasteiger charge is 2.09. The van der Waals surface area contributed by atoms with Gasteiger partial charge in [-0.3, -0.25) is 4.79 Å². The third-order valence-electron chi connectivity index (χ3n) is 3.35. The Labute approximate surface area is 142 Å². The first-order valence-corrected chi connectivity index (χ1v) is 8.13. The fourth-order valence-electron chi connectivity index (χ4n) is 2.25. The number of aromatic nitrogens is 1. The van der Waals surface area contributed by atoms with Crippen LogP contribution in [0.2, 0.25) is 0 Å². The molecule has 1 heterocycles. The normalized spacial score (nSPS) is 10.6. The number of carbonyl (C=O) groups is 1. The lowest BCUT2D eigenvalue weighted by Crippen LogP contribution is -2.14. The van der Waals surface area contributed by atoms with Crippen molar-refractivity contribution >= 4 is 22.4 Å². The smallest absolute Gasteiger partial charge is 0.230 e. The molecule has 0 spiro atoms. The van der Waals surface area contributed by atoms with Gasteiger partial charge in [0.2, 0.25) is 5.91 Å². The summed E-state index contributed by atoms with van der Waals surface area (Å²) in [6, 6.07) is 12.2. The van der Waals surface area contributed by atoms with E-state index in [1.807, 2.05) is 6.07 Å². The number of carbonyl (C=O) groups excluding carboxylic acids is 1. The van der Waals surface area contributed by atoms with E-state index in [2.05, 4.69) is 10.3 Å². The minimum Gasteiger partial charge on any atom is -0.302 e. The van der Waals surface area contributed by atoms with Crippen molar-refractivity contribution in [3.8, 4) is 0 Å². The zero-order valence-corrected chi connectivity index (χ0v) is 13.4. The van der Waals surface area contributed by atoms with Crippen molar-refractivity contribution in [3.63, 3.8) is 0 Å². The lowest BCUT2D eigenvalue weighted by molar-refractivity contribution is -0.115. The SMILES string of the molecule is O=C(Cc1ccc(F)cc1)Nc1ncc(Cc2cccc(F)c2)s1. The van der Waals surface area contributed by atoms with Gasteiger partial charge in [0.1, 0.15) is 11.6 Å². The molecule has 6 heteroatoms. The van der Waals surface area contributed by atoms with Gasteiger partial charge >= 0.3 is 0 Å². The predicted octanol–water partition coefficient (Wildman–Crippen LogP) is 4.19. The molecule has 0 unspecified atom stereocenters. The highest BCUT2D eigenvalue weighted by Crippen LogP contribution is 2.21.